The van der Waals surface area contributed by atoms with Crippen LogP contribution < -0.4 is 5.32 Å². The molecular formula is C20H21NO5. The number of benzene rings is 1. The Morgan fingerprint density at radius 3 is 2.73 bits per heavy atom. The molecule has 1 aromatic carbocycles. The standard InChI is InChI=1S/C20H21NO5/c1-12-6-7-17-15(11-25-19(17)13(12)2)9-18(22)26-14(3)20(23)21-10-16-5-4-8-24-16/h4-8,11,14H,9-10H2,1-3H3,(H,21,23)/t14-/m0/s1. The van der Waals surface area contributed by atoms with Crippen molar-refractivity contribution in [3.8, 4) is 0 Å². The number of fused-ring (bicyclic) bond motifs is 1. The summed E-state index contributed by atoms with van der Waals surface area (Å²) >= 11 is 0. The number of aryl methyl sites for hydroxylation is 2. The van der Waals surface area contributed by atoms with Crippen LogP contribution in [0.2, 0.25) is 0 Å². The average molecular weight is 355 g/mol. The van der Waals surface area contributed by atoms with Crippen LogP contribution in [0.4, 0.5) is 0 Å². The first kappa shape index (κ1) is 17.8. The van der Waals surface area contributed by atoms with E-state index in [0.29, 0.717) is 5.76 Å². The monoisotopic (exact) mass is 355 g/mol. The molecule has 6 nitrogen and oxygen atoms in total. The van der Waals surface area contributed by atoms with Gasteiger partial charge in [-0.3, -0.25) is 9.59 Å². The summed E-state index contributed by atoms with van der Waals surface area (Å²) in [6.07, 6.45) is 2.26. The molecule has 0 spiro atoms. The zero-order chi connectivity index (χ0) is 18.7. The summed E-state index contributed by atoms with van der Waals surface area (Å²) in [6, 6.07) is 7.42. The molecule has 26 heavy (non-hydrogen) atoms. The molecule has 2 heterocycles. The highest BCUT2D eigenvalue weighted by molar-refractivity contribution is 5.89. The summed E-state index contributed by atoms with van der Waals surface area (Å²) < 4.78 is 16.0. The van der Waals surface area contributed by atoms with Crippen LogP contribution in [0.3, 0.4) is 0 Å². The minimum atomic E-state index is -0.889. The number of hydrogen-bond acceptors (Lipinski definition) is 5. The molecule has 0 unspecified atom stereocenters. The minimum Gasteiger partial charge on any atom is -0.467 e. The fourth-order valence-electron chi connectivity index (χ4n) is 2.70. The van der Waals surface area contributed by atoms with Crippen molar-refractivity contribution in [2.24, 2.45) is 0 Å². The Kier molecular flexibility index (Phi) is 5.11. The average Bonchev–Trinajstić information content (AvgIpc) is 3.26. The van der Waals surface area contributed by atoms with Crippen molar-refractivity contribution in [3.05, 3.63) is 59.2 Å². The Balaban J connectivity index is 1.58. The second-order valence-electron chi connectivity index (χ2n) is 6.25. The minimum absolute atomic E-state index is 0.0469. The number of esters is 1. The molecule has 1 N–H and O–H groups in total. The summed E-state index contributed by atoms with van der Waals surface area (Å²) in [6.45, 7) is 5.78. The van der Waals surface area contributed by atoms with Crippen LogP contribution in [0, 0.1) is 13.8 Å². The molecule has 6 heteroatoms. The van der Waals surface area contributed by atoms with Gasteiger partial charge < -0.3 is 18.9 Å². The largest absolute Gasteiger partial charge is 0.467 e. The summed E-state index contributed by atoms with van der Waals surface area (Å²) in [5, 5.41) is 3.55. The number of amides is 1. The molecule has 3 aromatic rings. The van der Waals surface area contributed by atoms with Crippen molar-refractivity contribution in [2.45, 2.75) is 39.8 Å². The molecule has 0 aliphatic carbocycles. The summed E-state index contributed by atoms with van der Waals surface area (Å²) in [7, 11) is 0. The summed E-state index contributed by atoms with van der Waals surface area (Å²) in [5.74, 6) is -0.225. The number of carbonyl (C=O) groups is 2. The number of furan rings is 2. The fourth-order valence-corrected chi connectivity index (χ4v) is 2.70. The molecule has 0 saturated heterocycles. The number of carbonyl (C=O) groups excluding carboxylic acids is 2. The molecular weight excluding hydrogens is 334 g/mol. The summed E-state index contributed by atoms with van der Waals surface area (Å²) in [5.41, 5.74) is 3.70. The third kappa shape index (κ3) is 3.79. The number of nitrogens with one attached hydrogen (secondary N) is 1. The highest BCUT2D eigenvalue weighted by Gasteiger charge is 2.20. The van der Waals surface area contributed by atoms with E-state index in [4.69, 9.17) is 13.6 Å². The van der Waals surface area contributed by atoms with Gasteiger partial charge >= 0.3 is 5.97 Å². The van der Waals surface area contributed by atoms with Gasteiger partial charge in [0.25, 0.3) is 5.91 Å². The van der Waals surface area contributed by atoms with Crippen molar-refractivity contribution in [2.75, 3.05) is 0 Å². The number of hydrogen-bond donors (Lipinski definition) is 1. The topological polar surface area (TPSA) is 81.7 Å². The van der Waals surface area contributed by atoms with Gasteiger partial charge in [0, 0.05) is 10.9 Å². The predicted molar refractivity (Wildman–Crippen MR) is 95.5 cm³/mol. The van der Waals surface area contributed by atoms with E-state index in [2.05, 4.69) is 5.32 Å². The summed E-state index contributed by atoms with van der Waals surface area (Å²) in [4.78, 5) is 24.2. The third-order valence-electron chi connectivity index (χ3n) is 4.37. The maximum absolute atomic E-state index is 12.2. The molecule has 0 bridgehead atoms. The number of ether oxygens (including phenoxy) is 1. The smallest absolute Gasteiger partial charge is 0.311 e. The predicted octanol–water partition coefficient (Wildman–Crippen LogP) is 3.43. The molecule has 136 valence electrons. The second-order valence-corrected chi connectivity index (χ2v) is 6.25. The molecule has 0 radical (unpaired) electrons. The van der Waals surface area contributed by atoms with Crippen LogP contribution in [-0.4, -0.2) is 18.0 Å². The number of rotatable bonds is 6. The first-order valence-electron chi connectivity index (χ1n) is 8.41. The van der Waals surface area contributed by atoms with Crippen LogP contribution >= 0.6 is 0 Å². The lowest BCUT2D eigenvalue weighted by atomic mass is 10.0. The first-order valence-corrected chi connectivity index (χ1v) is 8.41. The molecule has 0 fully saturated rings. The van der Waals surface area contributed by atoms with E-state index in [-0.39, 0.29) is 18.9 Å². The molecule has 0 aliphatic heterocycles. The van der Waals surface area contributed by atoms with Crippen molar-refractivity contribution in [1.82, 2.24) is 5.32 Å². The Morgan fingerprint density at radius 1 is 1.19 bits per heavy atom. The van der Waals surface area contributed by atoms with Gasteiger partial charge in [0.1, 0.15) is 11.3 Å². The molecule has 1 amide bonds. The van der Waals surface area contributed by atoms with Gasteiger partial charge in [0.05, 0.1) is 25.5 Å². The van der Waals surface area contributed by atoms with Crippen LogP contribution in [0.1, 0.15) is 29.4 Å². The lowest BCUT2D eigenvalue weighted by Crippen LogP contribution is -2.35. The van der Waals surface area contributed by atoms with Gasteiger partial charge in [-0.1, -0.05) is 12.1 Å². The molecule has 0 saturated carbocycles. The maximum Gasteiger partial charge on any atom is 0.311 e. The molecule has 0 aliphatic rings. The van der Waals surface area contributed by atoms with Crippen molar-refractivity contribution in [1.29, 1.82) is 0 Å². The van der Waals surface area contributed by atoms with Crippen LogP contribution in [0.25, 0.3) is 11.0 Å². The fraction of sp³-hybridized carbons (Fsp3) is 0.300. The lowest BCUT2D eigenvalue weighted by Gasteiger charge is -2.12. The van der Waals surface area contributed by atoms with Crippen LogP contribution in [0.15, 0.2) is 45.6 Å². The second kappa shape index (κ2) is 7.47. The van der Waals surface area contributed by atoms with Gasteiger partial charge in [-0.15, -0.1) is 0 Å². The van der Waals surface area contributed by atoms with E-state index >= 15 is 0 Å². The lowest BCUT2D eigenvalue weighted by molar-refractivity contribution is -0.154. The molecule has 1 atom stereocenters. The Morgan fingerprint density at radius 2 is 2.00 bits per heavy atom. The SMILES string of the molecule is Cc1ccc2c(CC(=O)O[C@@H](C)C(=O)NCc3ccco3)coc2c1C. The van der Waals surface area contributed by atoms with E-state index in [1.165, 1.54) is 13.2 Å². The van der Waals surface area contributed by atoms with E-state index in [1.807, 2.05) is 26.0 Å². The van der Waals surface area contributed by atoms with E-state index in [1.54, 1.807) is 18.4 Å². The van der Waals surface area contributed by atoms with Crippen molar-refractivity contribution >= 4 is 22.8 Å². The Bertz CT molecular complexity index is 923. The van der Waals surface area contributed by atoms with Gasteiger partial charge in [-0.05, 0) is 44.0 Å². The normalized spacial score (nSPS) is 12.1. The van der Waals surface area contributed by atoms with Crippen LogP contribution in [0.5, 0.6) is 0 Å². The van der Waals surface area contributed by atoms with Crippen molar-refractivity contribution < 1.29 is 23.2 Å². The van der Waals surface area contributed by atoms with Gasteiger partial charge in [0.15, 0.2) is 6.10 Å². The Hall–Kier alpha value is -3.02. The van der Waals surface area contributed by atoms with Gasteiger partial charge in [0.2, 0.25) is 0 Å². The van der Waals surface area contributed by atoms with E-state index in [9.17, 15) is 9.59 Å². The zero-order valence-electron chi connectivity index (χ0n) is 15.0. The quantitative estimate of drug-likeness (QED) is 0.685. The van der Waals surface area contributed by atoms with E-state index < -0.39 is 12.1 Å². The van der Waals surface area contributed by atoms with Gasteiger partial charge in [-0.25, -0.2) is 0 Å². The highest BCUT2D eigenvalue weighted by Crippen LogP contribution is 2.27. The van der Waals surface area contributed by atoms with Crippen molar-refractivity contribution in [3.63, 3.8) is 0 Å². The third-order valence-corrected chi connectivity index (χ3v) is 4.37. The molecule has 2 aromatic heterocycles. The zero-order valence-corrected chi connectivity index (χ0v) is 15.0. The Labute approximate surface area is 151 Å². The van der Waals surface area contributed by atoms with E-state index in [0.717, 1.165) is 27.7 Å². The highest BCUT2D eigenvalue weighted by atomic mass is 16.5. The first-order chi connectivity index (χ1) is 12.5. The van der Waals surface area contributed by atoms with Gasteiger partial charge in [-0.2, -0.15) is 0 Å². The van der Waals surface area contributed by atoms with Crippen LogP contribution in [-0.2, 0) is 27.3 Å². The molecule has 3 rings (SSSR count). The maximum atomic E-state index is 12.2.